The zero-order chi connectivity index (χ0) is 19.1. The highest BCUT2D eigenvalue weighted by molar-refractivity contribution is 9.15. The van der Waals surface area contributed by atoms with E-state index in [0.29, 0.717) is 0 Å². The molecule has 5 nitrogen and oxygen atoms in total. The molecule has 0 aliphatic carbocycles. The molecule has 1 N–H and O–H groups in total. The number of hydrogen-bond donors (Lipinski definition) is 1. The number of hydrogen-bond acceptors (Lipinski definition) is 3. The molecule has 0 bridgehead atoms. The van der Waals surface area contributed by atoms with Crippen molar-refractivity contribution in [2.75, 3.05) is 65.3 Å². The summed E-state index contributed by atoms with van der Waals surface area (Å²) >= 11 is 14.5. The Labute approximate surface area is 188 Å². The third kappa shape index (κ3) is 4.66. The van der Waals surface area contributed by atoms with E-state index in [2.05, 4.69) is 99.6 Å². The average molecular weight is 618 g/mol. The smallest absolute Gasteiger partial charge is 0.203 e. The van der Waals surface area contributed by atoms with Crippen molar-refractivity contribution in [3.63, 3.8) is 0 Å². The molecule has 0 unspecified atom stereocenters. The number of halogens is 4. The highest BCUT2D eigenvalue weighted by atomic mass is 79.9. The molecule has 1 aliphatic heterocycles. The summed E-state index contributed by atoms with van der Waals surface area (Å²) in [5.74, 6) is 0.942. The van der Waals surface area contributed by atoms with Gasteiger partial charge in [0, 0.05) is 48.1 Å². The van der Waals surface area contributed by atoms with Crippen LogP contribution in [0.15, 0.2) is 17.9 Å². The van der Waals surface area contributed by atoms with Crippen LogP contribution in [0, 0.1) is 0 Å². The van der Waals surface area contributed by atoms with Gasteiger partial charge in [-0.3, -0.25) is 4.90 Å². The van der Waals surface area contributed by atoms with E-state index in [-0.39, 0.29) is 0 Å². The van der Waals surface area contributed by atoms with E-state index in [4.69, 9.17) is 4.98 Å². The normalized spacial score (nSPS) is 16.7. The average Bonchev–Trinajstić information content (AvgIpc) is 3.03. The summed E-state index contributed by atoms with van der Waals surface area (Å²) in [6.07, 6.45) is 1.25. The number of H-pyrrole nitrogens is 1. The second-order valence-electron chi connectivity index (χ2n) is 7.74. The lowest BCUT2D eigenvalue weighted by molar-refractivity contribution is -0.870. The van der Waals surface area contributed by atoms with E-state index < -0.39 is 0 Å². The minimum Gasteiger partial charge on any atom is -0.340 e. The second kappa shape index (κ2) is 8.37. The van der Waals surface area contributed by atoms with Crippen molar-refractivity contribution >= 4 is 80.7 Å². The van der Waals surface area contributed by atoms with Gasteiger partial charge in [-0.2, -0.15) is 0 Å². The Morgan fingerprint density at radius 2 is 1.54 bits per heavy atom. The van der Waals surface area contributed by atoms with Crippen molar-refractivity contribution in [1.82, 2.24) is 14.9 Å². The molecule has 1 fully saturated rings. The first-order chi connectivity index (χ1) is 12.2. The molecule has 9 heteroatoms. The molecular weight excluding hydrogens is 594 g/mol. The SMILES string of the molecule is C[N+](C)(C)CCCN1CCN(c2nc3c(Br)c(Br)c(Br)c(Br)c3[nH]2)CC1. The number of rotatable bonds is 5. The maximum Gasteiger partial charge on any atom is 0.203 e. The first-order valence-electron chi connectivity index (χ1n) is 8.67. The third-order valence-corrected chi connectivity index (χ3v) is 9.42. The van der Waals surface area contributed by atoms with Crippen LogP contribution in [0.5, 0.6) is 0 Å². The standard InChI is InChI=1S/C17H24Br4N5/c1-26(2,3)10-4-5-24-6-8-25(9-7-24)17-22-15-13(20)11(18)12(19)14(21)16(15)23-17/h4-10H2,1-3H3,(H,22,23)/q+1. The molecule has 1 saturated heterocycles. The van der Waals surface area contributed by atoms with E-state index in [1.165, 1.54) is 19.5 Å². The Hall–Kier alpha value is 0.330. The second-order valence-corrected chi connectivity index (χ2v) is 10.9. The summed E-state index contributed by atoms with van der Waals surface area (Å²) in [6.45, 7) is 6.58. The number of nitrogens with zero attached hydrogens (tertiary/aromatic N) is 4. The molecule has 3 rings (SSSR count). The van der Waals surface area contributed by atoms with Gasteiger partial charge in [-0.15, -0.1) is 0 Å². The number of aromatic nitrogens is 2. The highest BCUT2D eigenvalue weighted by Gasteiger charge is 2.23. The van der Waals surface area contributed by atoms with E-state index in [1.54, 1.807) is 0 Å². The zero-order valence-corrected chi connectivity index (χ0v) is 21.6. The molecule has 0 saturated carbocycles. The Morgan fingerprint density at radius 1 is 0.923 bits per heavy atom. The van der Waals surface area contributed by atoms with Crippen molar-refractivity contribution in [3.8, 4) is 0 Å². The summed E-state index contributed by atoms with van der Waals surface area (Å²) in [7, 11) is 6.77. The van der Waals surface area contributed by atoms with Crippen LogP contribution in [0.4, 0.5) is 5.95 Å². The number of fused-ring (bicyclic) bond motifs is 1. The molecule has 1 aromatic heterocycles. The van der Waals surface area contributed by atoms with Gasteiger partial charge in [-0.05, 0) is 63.7 Å². The van der Waals surface area contributed by atoms with Crippen LogP contribution in [0.25, 0.3) is 11.0 Å². The fraction of sp³-hybridized carbons (Fsp3) is 0.588. The van der Waals surface area contributed by atoms with Crippen LogP contribution in [-0.2, 0) is 0 Å². The summed E-state index contributed by atoms with van der Waals surface area (Å²) in [5.41, 5.74) is 1.94. The van der Waals surface area contributed by atoms with Gasteiger partial charge in [-0.25, -0.2) is 4.98 Å². The molecule has 0 amide bonds. The van der Waals surface area contributed by atoms with Crippen LogP contribution in [0.3, 0.4) is 0 Å². The quantitative estimate of drug-likeness (QED) is 0.297. The van der Waals surface area contributed by atoms with Crippen LogP contribution in [0.2, 0.25) is 0 Å². The maximum atomic E-state index is 4.84. The van der Waals surface area contributed by atoms with Crippen molar-refractivity contribution < 1.29 is 4.48 Å². The molecule has 0 spiro atoms. The molecular formula is C17H24Br4N5+. The Balaban J connectivity index is 1.67. The number of piperazine rings is 1. The van der Waals surface area contributed by atoms with Crippen LogP contribution < -0.4 is 4.90 Å². The molecule has 144 valence electrons. The van der Waals surface area contributed by atoms with Crippen molar-refractivity contribution in [1.29, 1.82) is 0 Å². The number of imidazole rings is 1. The van der Waals surface area contributed by atoms with Crippen molar-refractivity contribution in [3.05, 3.63) is 17.9 Å². The summed E-state index contributed by atoms with van der Waals surface area (Å²) < 4.78 is 4.93. The first kappa shape index (κ1) is 21.0. The first-order valence-corrected chi connectivity index (χ1v) is 11.8. The van der Waals surface area contributed by atoms with Gasteiger partial charge in [-0.1, -0.05) is 0 Å². The topological polar surface area (TPSA) is 35.2 Å². The fourth-order valence-corrected chi connectivity index (χ4v) is 5.47. The van der Waals surface area contributed by atoms with E-state index in [1.807, 2.05) is 0 Å². The van der Waals surface area contributed by atoms with Gasteiger partial charge in [0.15, 0.2) is 0 Å². The molecule has 0 atom stereocenters. The largest absolute Gasteiger partial charge is 0.340 e. The fourth-order valence-electron chi connectivity index (χ4n) is 3.19. The lowest BCUT2D eigenvalue weighted by Gasteiger charge is -2.35. The van der Waals surface area contributed by atoms with E-state index in [9.17, 15) is 0 Å². The number of anilines is 1. The molecule has 0 radical (unpaired) electrons. The van der Waals surface area contributed by atoms with Crippen LogP contribution in [0.1, 0.15) is 6.42 Å². The molecule has 1 aliphatic rings. The maximum absolute atomic E-state index is 4.84. The Bertz CT molecular complexity index is 746. The predicted octanol–water partition coefficient (Wildman–Crippen LogP) is 4.83. The van der Waals surface area contributed by atoms with Gasteiger partial charge in [0.2, 0.25) is 5.95 Å². The molecule has 1 aromatic carbocycles. The number of nitrogens with one attached hydrogen (secondary N) is 1. The third-order valence-electron chi connectivity index (χ3n) is 4.67. The highest BCUT2D eigenvalue weighted by Crippen LogP contribution is 2.43. The monoisotopic (exact) mass is 614 g/mol. The van der Waals surface area contributed by atoms with E-state index >= 15 is 0 Å². The number of aromatic amines is 1. The Morgan fingerprint density at radius 3 is 2.15 bits per heavy atom. The summed E-state index contributed by atoms with van der Waals surface area (Å²) in [6, 6.07) is 0. The van der Waals surface area contributed by atoms with Crippen LogP contribution in [-0.4, -0.2) is 79.8 Å². The van der Waals surface area contributed by atoms with Crippen molar-refractivity contribution in [2.24, 2.45) is 0 Å². The van der Waals surface area contributed by atoms with E-state index in [0.717, 1.165) is 65.5 Å². The van der Waals surface area contributed by atoms with Gasteiger partial charge in [0.25, 0.3) is 0 Å². The lowest BCUT2D eigenvalue weighted by Crippen LogP contribution is -2.47. The summed E-state index contributed by atoms with van der Waals surface area (Å²) in [5, 5.41) is 0. The number of benzene rings is 1. The zero-order valence-electron chi connectivity index (χ0n) is 15.3. The minimum absolute atomic E-state index is 0.937. The van der Waals surface area contributed by atoms with Gasteiger partial charge < -0.3 is 14.4 Å². The molecule has 26 heavy (non-hydrogen) atoms. The van der Waals surface area contributed by atoms with Gasteiger partial charge in [0.05, 0.1) is 42.1 Å². The number of quaternary nitrogens is 1. The molecule has 2 heterocycles. The van der Waals surface area contributed by atoms with Gasteiger partial charge in [0.1, 0.15) is 5.52 Å². The Kier molecular flexibility index (Phi) is 6.77. The summed E-state index contributed by atoms with van der Waals surface area (Å²) in [4.78, 5) is 13.2. The minimum atomic E-state index is 0.937. The molecule has 2 aromatic rings. The predicted molar refractivity (Wildman–Crippen MR) is 123 cm³/mol. The van der Waals surface area contributed by atoms with Gasteiger partial charge >= 0.3 is 0 Å². The lowest BCUT2D eigenvalue weighted by atomic mass is 10.3. The van der Waals surface area contributed by atoms with Crippen molar-refractivity contribution in [2.45, 2.75) is 6.42 Å². The van der Waals surface area contributed by atoms with Crippen LogP contribution >= 0.6 is 63.7 Å².